The van der Waals surface area contributed by atoms with Crippen LogP contribution < -0.4 is 10.6 Å². The molecule has 2 aromatic rings. The minimum atomic E-state index is -0.169. The molecule has 2 amide bonds. The maximum absolute atomic E-state index is 12.4. The third kappa shape index (κ3) is 6.38. The number of nitrogens with zero attached hydrogens (tertiary/aromatic N) is 1. The standard InChI is InChI=1S/C21H26ClN3O2/c1-4-12-25(13-20(26)23-18-10-6-5-8-15(18)2)14-21(27)24-19-11-7-9-17(22)16(19)3/h5-11H,4,12-14H2,1-3H3,(H,23,26)(H,24,27). The summed E-state index contributed by atoms with van der Waals surface area (Å²) < 4.78 is 0. The molecule has 2 rings (SSSR count). The Morgan fingerprint density at radius 1 is 0.926 bits per heavy atom. The molecule has 5 nitrogen and oxygen atoms in total. The van der Waals surface area contributed by atoms with Gasteiger partial charge in [0, 0.05) is 16.4 Å². The summed E-state index contributed by atoms with van der Waals surface area (Å²) in [6.45, 7) is 6.77. The number of nitrogens with one attached hydrogen (secondary N) is 2. The number of carbonyl (C=O) groups excluding carboxylic acids is 2. The van der Waals surface area contributed by atoms with Gasteiger partial charge in [0.2, 0.25) is 11.8 Å². The minimum Gasteiger partial charge on any atom is -0.325 e. The van der Waals surface area contributed by atoms with Gasteiger partial charge in [0.05, 0.1) is 13.1 Å². The van der Waals surface area contributed by atoms with Gasteiger partial charge in [-0.15, -0.1) is 0 Å². The van der Waals surface area contributed by atoms with E-state index >= 15 is 0 Å². The Morgan fingerprint density at radius 2 is 1.52 bits per heavy atom. The van der Waals surface area contributed by atoms with E-state index in [1.807, 2.05) is 56.0 Å². The number of aryl methyl sites for hydroxylation is 1. The Kier molecular flexibility index (Phi) is 7.82. The largest absolute Gasteiger partial charge is 0.325 e. The number of halogens is 1. The first-order valence-electron chi connectivity index (χ1n) is 9.03. The number of hydrogen-bond donors (Lipinski definition) is 2. The summed E-state index contributed by atoms with van der Waals surface area (Å²) in [6, 6.07) is 13.0. The van der Waals surface area contributed by atoms with Gasteiger partial charge in [-0.3, -0.25) is 14.5 Å². The molecular weight excluding hydrogens is 362 g/mol. The molecular formula is C21H26ClN3O2. The Balaban J connectivity index is 1.96. The lowest BCUT2D eigenvalue weighted by Gasteiger charge is -2.21. The summed E-state index contributed by atoms with van der Waals surface area (Å²) in [5, 5.41) is 6.39. The van der Waals surface area contributed by atoms with Crippen LogP contribution in [-0.4, -0.2) is 36.3 Å². The zero-order chi connectivity index (χ0) is 19.8. The average Bonchev–Trinajstić information content (AvgIpc) is 2.61. The van der Waals surface area contributed by atoms with Gasteiger partial charge >= 0.3 is 0 Å². The fraction of sp³-hybridized carbons (Fsp3) is 0.333. The van der Waals surface area contributed by atoms with Gasteiger partial charge in [-0.25, -0.2) is 0 Å². The predicted molar refractivity (Wildman–Crippen MR) is 111 cm³/mol. The van der Waals surface area contributed by atoms with E-state index in [4.69, 9.17) is 11.6 Å². The summed E-state index contributed by atoms with van der Waals surface area (Å²) in [5.74, 6) is -0.304. The molecule has 2 N–H and O–H groups in total. The summed E-state index contributed by atoms with van der Waals surface area (Å²) >= 11 is 6.10. The molecule has 6 heteroatoms. The number of anilines is 2. The Morgan fingerprint density at radius 3 is 2.15 bits per heavy atom. The highest BCUT2D eigenvalue weighted by Gasteiger charge is 2.15. The molecule has 0 aliphatic carbocycles. The molecule has 0 aromatic heterocycles. The minimum absolute atomic E-state index is 0.135. The molecule has 27 heavy (non-hydrogen) atoms. The summed E-state index contributed by atoms with van der Waals surface area (Å²) in [4.78, 5) is 26.7. The zero-order valence-corrected chi connectivity index (χ0v) is 16.8. The molecule has 0 aliphatic heterocycles. The first-order valence-corrected chi connectivity index (χ1v) is 9.41. The van der Waals surface area contributed by atoms with Crippen molar-refractivity contribution in [2.45, 2.75) is 27.2 Å². The van der Waals surface area contributed by atoms with Gasteiger partial charge in [0.1, 0.15) is 0 Å². The molecule has 0 saturated carbocycles. The van der Waals surface area contributed by atoms with Gasteiger partial charge in [-0.2, -0.15) is 0 Å². The topological polar surface area (TPSA) is 61.4 Å². The molecule has 0 fully saturated rings. The van der Waals surface area contributed by atoms with E-state index in [2.05, 4.69) is 10.6 Å². The third-order valence-corrected chi connectivity index (χ3v) is 4.64. The van der Waals surface area contributed by atoms with Crippen LogP contribution in [0, 0.1) is 13.8 Å². The van der Waals surface area contributed by atoms with Crippen LogP contribution in [0.4, 0.5) is 11.4 Å². The molecule has 0 radical (unpaired) electrons. The van der Waals surface area contributed by atoms with E-state index < -0.39 is 0 Å². The Bertz CT molecular complexity index is 808. The van der Waals surface area contributed by atoms with Crippen molar-refractivity contribution in [1.29, 1.82) is 0 Å². The normalized spacial score (nSPS) is 10.7. The highest BCUT2D eigenvalue weighted by atomic mass is 35.5. The molecule has 0 spiro atoms. The van der Waals surface area contributed by atoms with Crippen molar-refractivity contribution in [2.75, 3.05) is 30.3 Å². The van der Waals surface area contributed by atoms with Crippen LogP contribution in [0.3, 0.4) is 0 Å². The molecule has 0 bridgehead atoms. The fourth-order valence-corrected chi connectivity index (χ4v) is 2.95. The predicted octanol–water partition coefficient (Wildman–Crippen LogP) is 4.25. The lowest BCUT2D eigenvalue weighted by Crippen LogP contribution is -2.39. The van der Waals surface area contributed by atoms with Gasteiger partial charge in [-0.05, 0) is 56.1 Å². The van der Waals surface area contributed by atoms with Crippen molar-refractivity contribution >= 4 is 34.8 Å². The second kappa shape index (κ2) is 10.1. The van der Waals surface area contributed by atoms with E-state index in [9.17, 15) is 9.59 Å². The number of benzene rings is 2. The molecule has 144 valence electrons. The summed E-state index contributed by atoms with van der Waals surface area (Å²) in [5.41, 5.74) is 3.31. The van der Waals surface area contributed by atoms with Crippen molar-refractivity contribution in [3.63, 3.8) is 0 Å². The third-order valence-electron chi connectivity index (χ3n) is 4.24. The van der Waals surface area contributed by atoms with Crippen LogP contribution in [0.15, 0.2) is 42.5 Å². The molecule has 0 aliphatic rings. The van der Waals surface area contributed by atoms with Crippen molar-refractivity contribution in [2.24, 2.45) is 0 Å². The highest BCUT2D eigenvalue weighted by Crippen LogP contribution is 2.22. The molecule has 0 unspecified atom stereocenters. The quantitative estimate of drug-likeness (QED) is 0.711. The monoisotopic (exact) mass is 387 g/mol. The molecule has 0 atom stereocenters. The van der Waals surface area contributed by atoms with Crippen LogP contribution in [-0.2, 0) is 9.59 Å². The van der Waals surface area contributed by atoms with Crippen LogP contribution >= 0.6 is 11.6 Å². The zero-order valence-electron chi connectivity index (χ0n) is 16.0. The van der Waals surface area contributed by atoms with E-state index in [-0.39, 0.29) is 24.9 Å². The number of carbonyl (C=O) groups is 2. The van der Waals surface area contributed by atoms with E-state index in [1.165, 1.54) is 0 Å². The van der Waals surface area contributed by atoms with Crippen molar-refractivity contribution in [1.82, 2.24) is 4.90 Å². The Hall–Kier alpha value is -2.37. The second-order valence-electron chi connectivity index (χ2n) is 6.53. The average molecular weight is 388 g/mol. The number of para-hydroxylation sites is 1. The van der Waals surface area contributed by atoms with Gasteiger partial charge in [-0.1, -0.05) is 42.8 Å². The first-order chi connectivity index (χ1) is 12.9. The smallest absolute Gasteiger partial charge is 0.238 e. The Labute approximate surface area is 165 Å². The number of amides is 2. The van der Waals surface area contributed by atoms with E-state index in [0.717, 1.165) is 23.2 Å². The lowest BCUT2D eigenvalue weighted by atomic mass is 10.2. The number of rotatable bonds is 8. The van der Waals surface area contributed by atoms with Crippen LogP contribution in [0.2, 0.25) is 5.02 Å². The van der Waals surface area contributed by atoms with E-state index in [1.54, 1.807) is 12.1 Å². The van der Waals surface area contributed by atoms with E-state index in [0.29, 0.717) is 17.3 Å². The van der Waals surface area contributed by atoms with Gasteiger partial charge in [0.15, 0.2) is 0 Å². The maximum atomic E-state index is 12.4. The summed E-state index contributed by atoms with van der Waals surface area (Å²) in [7, 11) is 0. The van der Waals surface area contributed by atoms with Gasteiger partial charge in [0.25, 0.3) is 0 Å². The van der Waals surface area contributed by atoms with Crippen LogP contribution in [0.5, 0.6) is 0 Å². The van der Waals surface area contributed by atoms with Crippen molar-refractivity contribution in [3.8, 4) is 0 Å². The van der Waals surface area contributed by atoms with Crippen molar-refractivity contribution < 1.29 is 9.59 Å². The molecule has 0 heterocycles. The molecule has 2 aromatic carbocycles. The van der Waals surface area contributed by atoms with Gasteiger partial charge < -0.3 is 10.6 Å². The highest BCUT2D eigenvalue weighted by molar-refractivity contribution is 6.31. The maximum Gasteiger partial charge on any atom is 0.238 e. The lowest BCUT2D eigenvalue weighted by molar-refractivity contribution is -0.120. The molecule has 0 saturated heterocycles. The fourth-order valence-electron chi connectivity index (χ4n) is 2.77. The van der Waals surface area contributed by atoms with Crippen molar-refractivity contribution in [3.05, 3.63) is 58.6 Å². The first kappa shape index (κ1) is 20.9. The number of hydrogen-bond acceptors (Lipinski definition) is 3. The van der Waals surface area contributed by atoms with Crippen LogP contribution in [0.25, 0.3) is 0 Å². The van der Waals surface area contributed by atoms with Crippen LogP contribution in [0.1, 0.15) is 24.5 Å². The second-order valence-corrected chi connectivity index (χ2v) is 6.94. The SMILES string of the molecule is CCCN(CC(=O)Nc1ccccc1C)CC(=O)Nc1cccc(Cl)c1C. The summed E-state index contributed by atoms with van der Waals surface area (Å²) in [6.07, 6.45) is 0.848.